The van der Waals surface area contributed by atoms with Crippen LogP contribution < -0.4 is 9.47 Å². The van der Waals surface area contributed by atoms with Crippen molar-refractivity contribution in [1.82, 2.24) is 4.98 Å². The quantitative estimate of drug-likeness (QED) is 0.477. The number of carbonyl (C=O) groups excluding carboxylic acids is 1. The molecule has 0 aliphatic rings. The Bertz CT molecular complexity index is 668. The Labute approximate surface area is 117 Å². The van der Waals surface area contributed by atoms with E-state index in [0.29, 0.717) is 17.1 Å². The Morgan fingerprint density at radius 2 is 2.00 bits per heavy atom. The van der Waals surface area contributed by atoms with Crippen LogP contribution in [0.2, 0.25) is 0 Å². The summed E-state index contributed by atoms with van der Waals surface area (Å²) in [6.45, 7) is 0. The summed E-state index contributed by atoms with van der Waals surface area (Å²) in [5, 5.41) is 10.5. The minimum Gasteiger partial charge on any atom is -0.493 e. The molecule has 1 heterocycles. The van der Waals surface area contributed by atoms with Gasteiger partial charge in [-0.2, -0.15) is 0 Å². The molecule has 20 heavy (non-hydrogen) atoms. The van der Waals surface area contributed by atoms with Gasteiger partial charge in [-0.05, 0) is 29.5 Å². The zero-order valence-electron chi connectivity index (χ0n) is 10.7. The van der Waals surface area contributed by atoms with E-state index in [9.17, 15) is 14.9 Å². The van der Waals surface area contributed by atoms with Gasteiger partial charge in [0, 0.05) is 5.56 Å². The maximum absolute atomic E-state index is 12.2. The van der Waals surface area contributed by atoms with Gasteiger partial charge in [0.2, 0.25) is 5.78 Å². The van der Waals surface area contributed by atoms with Crippen LogP contribution in [0.4, 0.5) is 5.00 Å². The molecule has 0 bridgehead atoms. The summed E-state index contributed by atoms with van der Waals surface area (Å²) >= 11 is 0.736. The highest BCUT2D eigenvalue weighted by atomic mass is 32.1. The van der Waals surface area contributed by atoms with Gasteiger partial charge in [0.1, 0.15) is 6.20 Å². The van der Waals surface area contributed by atoms with E-state index in [1.807, 2.05) is 0 Å². The van der Waals surface area contributed by atoms with Crippen LogP contribution >= 0.6 is 11.3 Å². The Hall–Kier alpha value is -2.48. The third-order valence-corrected chi connectivity index (χ3v) is 3.46. The first-order chi connectivity index (χ1) is 9.56. The molecular formula is C12H10N2O5S. The lowest BCUT2D eigenvalue weighted by Gasteiger charge is -2.08. The lowest BCUT2D eigenvalue weighted by atomic mass is 10.1. The normalized spacial score (nSPS) is 10.1. The highest BCUT2D eigenvalue weighted by molar-refractivity contribution is 7.16. The van der Waals surface area contributed by atoms with Gasteiger partial charge in [0.05, 0.1) is 19.1 Å². The number of carbonyl (C=O) groups is 1. The van der Waals surface area contributed by atoms with E-state index in [0.717, 1.165) is 17.5 Å². The number of rotatable bonds is 5. The average Bonchev–Trinajstić information content (AvgIpc) is 2.95. The fourth-order valence-electron chi connectivity index (χ4n) is 1.56. The second-order valence-corrected chi connectivity index (χ2v) is 4.67. The maximum Gasteiger partial charge on any atom is 0.344 e. The minimum atomic E-state index is -0.580. The third kappa shape index (κ3) is 2.59. The lowest BCUT2D eigenvalue weighted by molar-refractivity contribution is -0.380. The first-order valence-corrected chi connectivity index (χ1v) is 6.25. The number of nitro groups is 1. The molecule has 0 N–H and O–H groups in total. The smallest absolute Gasteiger partial charge is 0.344 e. The lowest BCUT2D eigenvalue weighted by Crippen LogP contribution is -2.01. The van der Waals surface area contributed by atoms with Gasteiger partial charge in [-0.3, -0.25) is 14.9 Å². The molecule has 7 nitrogen and oxygen atoms in total. The number of benzene rings is 1. The molecule has 0 unspecified atom stereocenters. The van der Waals surface area contributed by atoms with E-state index in [4.69, 9.17) is 9.47 Å². The van der Waals surface area contributed by atoms with Crippen LogP contribution in [0.5, 0.6) is 11.5 Å². The molecule has 104 valence electrons. The van der Waals surface area contributed by atoms with Crippen LogP contribution in [0.1, 0.15) is 15.4 Å². The average molecular weight is 294 g/mol. The molecule has 1 aromatic heterocycles. The van der Waals surface area contributed by atoms with E-state index >= 15 is 0 Å². The number of thiazole rings is 1. The topological polar surface area (TPSA) is 91.6 Å². The molecule has 0 fully saturated rings. The van der Waals surface area contributed by atoms with Gasteiger partial charge in [-0.1, -0.05) is 0 Å². The van der Waals surface area contributed by atoms with E-state index in [1.54, 1.807) is 12.1 Å². The van der Waals surface area contributed by atoms with Crippen molar-refractivity contribution in [3.05, 3.63) is 45.1 Å². The van der Waals surface area contributed by atoms with Gasteiger partial charge in [0.15, 0.2) is 16.5 Å². The first kappa shape index (κ1) is 13.9. The van der Waals surface area contributed by atoms with E-state index in [2.05, 4.69) is 4.98 Å². The highest BCUT2D eigenvalue weighted by Gasteiger charge is 2.19. The molecule has 0 atom stereocenters. The summed E-state index contributed by atoms with van der Waals surface area (Å²) in [6, 6.07) is 4.65. The van der Waals surface area contributed by atoms with E-state index in [-0.39, 0.29) is 10.0 Å². The second-order valence-electron chi connectivity index (χ2n) is 3.66. The maximum atomic E-state index is 12.2. The summed E-state index contributed by atoms with van der Waals surface area (Å²) in [4.78, 5) is 26.0. The van der Waals surface area contributed by atoms with Crippen molar-refractivity contribution in [2.75, 3.05) is 14.2 Å². The van der Waals surface area contributed by atoms with E-state index in [1.165, 1.54) is 20.3 Å². The summed E-state index contributed by atoms with van der Waals surface area (Å²) in [6.07, 6.45) is 1.07. The van der Waals surface area contributed by atoms with E-state index < -0.39 is 10.7 Å². The number of ether oxygens (including phenoxy) is 2. The number of ketones is 1. The van der Waals surface area contributed by atoms with Crippen molar-refractivity contribution >= 4 is 22.1 Å². The predicted molar refractivity (Wildman–Crippen MR) is 71.7 cm³/mol. The number of aromatic nitrogens is 1. The Morgan fingerprint density at radius 1 is 1.30 bits per heavy atom. The van der Waals surface area contributed by atoms with Crippen LogP contribution in [0, 0.1) is 10.1 Å². The highest BCUT2D eigenvalue weighted by Crippen LogP contribution is 2.30. The number of hydrogen-bond donors (Lipinski definition) is 0. The van der Waals surface area contributed by atoms with Crippen molar-refractivity contribution in [3.8, 4) is 11.5 Å². The number of methoxy groups -OCH3 is 2. The van der Waals surface area contributed by atoms with Crippen LogP contribution in [-0.4, -0.2) is 29.9 Å². The van der Waals surface area contributed by atoms with Gasteiger partial charge in [-0.15, -0.1) is 0 Å². The fraction of sp³-hybridized carbons (Fsp3) is 0.167. The molecule has 8 heteroatoms. The Balaban J connectivity index is 2.35. The Morgan fingerprint density at radius 3 is 2.55 bits per heavy atom. The summed E-state index contributed by atoms with van der Waals surface area (Å²) < 4.78 is 10.2. The van der Waals surface area contributed by atoms with Gasteiger partial charge >= 0.3 is 5.00 Å². The molecule has 0 radical (unpaired) electrons. The SMILES string of the molecule is COc1ccc(C(=O)c2ncc([N+](=O)[O-])s2)cc1OC. The monoisotopic (exact) mass is 294 g/mol. The molecule has 0 aliphatic carbocycles. The molecule has 2 aromatic rings. The molecule has 2 rings (SSSR count). The van der Waals surface area contributed by atoms with Crippen LogP contribution in [0.15, 0.2) is 24.4 Å². The molecule has 0 aliphatic heterocycles. The largest absolute Gasteiger partial charge is 0.493 e. The van der Waals surface area contributed by atoms with Crippen molar-refractivity contribution in [2.45, 2.75) is 0 Å². The number of nitrogens with zero attached hydrogens (tertiary/aromatic N) is 2. The molecular weight excluding hydrogens is 284 g/mol. The summed E-state index contributed by atoms with van der Waals surface area (Å²) in [5.41, 5.74) is 0.326. The summed E-state index contributed by atoms with van der Waals surface area (Å²) in [7, 11) is 2.95. The molecule has 0 spiro atoms. The predicted octanol–water partition coefficient (Wildman–Crippen LogP) is 2.30. The van der Waals surface area contributed by atoms with Crippen LogP contribution in [0.25, 0.3) is 0 Å². The molecule has 1 aromatic carbocycles. The number of hydrogen-bond acceptors (Lipinski definition) is 7. The standard InChI is InChI=1S/C12H10N2O5S/c1-18-8-4-3-7(5-9(8)19-2)11(15)12-13-6-10(20-12)14(16)17/h3-6H,1-2H3. The van der Waals surface area contributed by atoms with Crippen molar-refractivity contribution in [1.29, 1.82) is 0 Å². The van der Waals surface area contributed by atoms with Crippen LogP contribution in [-0.2, 0) is 0 Å². The molecule has 0 saturated heterocycles. The summed E-state index contributed by atoms with van der Waals surface area (Å²) in [5.74, 6) is 0.502. The first-order valence-electron chi connectivity index (χ1n) is 5.43. The second kappa shape index (κ2) is 5.66. The van der Waals surface area contributed by atoms with Gasteiger partial charge < -0.3 is 9.47 Å². The van der Waals surface area contributed by atoms with Gasteiger partial charge in [-0.25, -0.2) is 4.98 Å². The van der Waals surface area contributed by atoms with Crippen molar-refractivity contribution in [2.24, 2.45) is 0 Å². The van der Waals surface area contributed by atoms with Gasteiger partial charge in [0.25, 0.3) is 0 Å². The zero-order valence-corrected chi connectivity index (χ0v) is 11.5. The van der Waals surface area contributed by atoms with Crippen molar-refractivity contribution < 1.29 is 19.2 Å². The fourth-order valence-corrected chi connectivity index (χ4v) is 2.25. The van der Waals surface area contributed by atoms with Crippen LogP contribution in [0.3, 0.4) is 0 Å². The zero-order chi connectivity index (χ0) is 14.7. The third-order valence-electron chi connectivity index (χ3n) is 2.51. The van der Waals surface area contributed by atoms with Crippen molar-refractivity contribution in [3.63, 3.8) is 0 Å². The molecule has 0 amide bonds. The minimum absolute atomic E-state index is 0.0592. The Kier molecular flexibility index (Phi) is 3.94. The molecule has 0 saturated carbocycles.